The highest BCUT2D eigenvalue weighted by atomic mass is 32.2. The predicted molar refractivity (Wildman–Crippen MR) is 69.3 cm³/mol. The molecule has 1 heterocycles. The summed E-state index contributed by atoms with van der Waals surface area (Å²) in [5, 5.41) is 2.37. The van der Waals surface area contributed by atoms with Gasteiger partial charge in [-0.3, -0.25) is 10.0 Å². The summed E-state index contributed by atoms with van der Waals surface area (Å²) >= 11 is 1.63. The molecule has 0 radical (unpaired) electrons. The van der Waals surface area contributed by atoms with Gasteiger partial charge >= 0.3 is 0 Å². The van der Waals surface area contributed by atoms with Crippen LogP contribution >= 0.6 is 11.8 Å². The van der Waals surface area contributed by atoms with Gasteiger partial charge < -0.3 is 4.74 Å². The average molecular weight is 255 g/mol. The molecule has 1 aliphatic heterocycles. The maximum atomic E-state index is 11.9. The quantitative estimate of drug-likeness (QED) is 0.658. The van der Waals surface area contributed by atoms with Crippen molar-refractivity contribution in [3.05, 3.63) is 24.3 Å². The van der Waals surface area contributed by atoms with Gasteiger partial charge in [-0.1, -0.05) is 11.8 Å². The largest absolute Gasteiger partial charge is 0.491 e. The van der Waals surface area contributed by atoms with Crippen molar-refractivity contribution in [3.8, 4) is 5.75 Å². The summed E-state index contributed by atoms with van der Waals surface area (Å²) in [4.78, 5) is 4.28. The standard InChI is InChI=1S/C11H14FN3OS/c12-5-7-16-10-3-1-9(2-4-10)15(13)11-14-6-8-17-11/h1-4H,5-8,13H2. The van der Waals surface area contributed by atoms with Gasteiger partial charge in [0, 0.05) is 5.75 Å². The van der Waals surface area contributed by atoms with Crippen LogP contribution in [0.3, 0.4) is 0 Å². The van der Waals surface area contributed by atoms with Crippen molar-refractivity contribution in [2.75, 3.05) is 30.6 Å². The van der Waals surface area contributed by atoms with Crippen molar-refractivity contribution in [2.24, 2.45) is 10.8 Å². The van der Waals surface area contributed by atoms with Gasteiger partial charge in [-0.2, -0.15) is 0 Å². The van der Waals surface area contributed by atoms with Crippen LogP contribution in [0.5, 0.6) is 5.75 Å². The Balaban J connectivity index is 2.01. The van der Waals surface area contributed by atoms with Crippen LogP contribution in [-0.4, -0.2) is 30.7 Å². The number of nitrogens with zero attached hydrogens (tertiary/aromatic N) is 2. The second-order valence-corrected chi connectivity index (χ2v) is 4.48. The number of ether oxygens (including phenoxy) is 1. The van der Waals surface area contributed by atoms with E-state index in [0.29, 0.717) is 5.75 Å². The first-order chi connectivity index (χ1) is 8.31. The van der Waals surface area contributed by atoms with Gasteiger partial charge in [0.25, 0.3) is 0 Å². The molecule has 0 bridgehead atoms. The van der Waals surface area contributed by atoms with Crippen LogP contribution in [-0.2, 0) is 0 Å². The van der Waals surface area contributed by atoms with Gasteiger partial charge in [0.1, 0.15) is 19.0 Å². The Morgan fingerprint density at radius 3 is 2.76 bits per heavy atom. The van der Waals surface area contributed by atoms with Gasteiger partial charge in [-0.05, 0) is 24.3 Å². The Hall–Kier alpha value is -1.27. The van der Waals surface area contributed by atoms with E-state index in [-0.39, 0.29) is 6.61 Å². The highest BCUT2D eigenvalue weighted by Crippen LogP contribution is 2.22. The summed E-state index contributed by atoms with van der Waals surface area (Å²) in [5.74, 6) is 7.54. The normalized spacial score (nSPS) is 14.6. The first-order valence-corrected chi connectivity index (χ1v) is 6.31. The lowest BCUT2D eigenvalue weighted by Crippen LogP contribution is -2.34. The Labute approximate surface area is 104 Å². The third-order valence-electron chi connectivity index (χ3n) is 2.24. The number of hydrogen-bond donors (Lipinski definition) is 1. The molecule has 1 aliphatic rings. The third-order valence-corrected chi connectivity index (χ3v) is 3.21. The minimum atomic E-state index is -0.488. The number of alkyl halides is 1. The molecule has 1 aromatic rings. The van der Waals surface area contributed by atoms with Gasteiger partial charge in [0.2, 0.25) is 0 Å². The van der Waals surface area contributed by atoms with Crippen molar-refractivity contribution in [2.45, 2.75) is 0 Å². The molecule has 0 aromatic heterocycles. The average Bonchev–Trinajstić information content (AvgIpc) is 2.90. The lowest BCUT2D eigenvalue weighted by molar-refractivity contribution is 0.273. The first-order valence-electron chi connectivity index (χ1n) is 5.32. The van der Waals surface area contributed by atoms with Crippen LogP contribution in [0.2, 0.25) is 0 Å². The zero-order valence-corrected chi connectivity index (χ0v) is 10.1. The van der Waals surface area contributed by atoms with E-state index < -0.39 is 6.67 Å². The second kappa shape index (κ2) is 5.88. The van der Waals surface area contributed by atoms with Crippen molar-refractivity contribution >= 4 is 22.6 Å². The number of amidine groups is 1. The minimum absolute atomic E-state index is 0.0776. The van der Waals surface area contributed by atoms with E-state index in [4.69, 9.17) is 10.6 Å². The number of halogens is 1. The molecule has 0 spiro atoms. The number of aliphatic imine (C=N–C) groups is 1. The smallest absolute Gasteiger partial charge is 0.178 e. The van der Waals surface area contributed by atoms with Gasteiger partial charge in [0.15, 0.2) is 5.17 Å². The van der Waals surface area contributed by atoms with Crippen LogP contribution in [0.25, 0.3) is 0 Å². The Morgan fingerprint density at radius 2 is 2.18 bits per heavy atom. The number of hydrazine groups is 1. The molecule has 92 valence electrons. The number of nitrogens with two attached hydrogens (primary N) is 1. The molecule has 0 saturated carbocycles. The fourth-order valence-electron chi connectivity index (χ4n) is 1.44. The molecule has 0 aliphatic carbocycles. The van der Waals surface area contributed by atoms with Crippen molar-refractivity contribution in [1.82, 2.24) is 0 Å². The molecular formula is C11H14FN3OS. The van der Waals surface area contributed by atoms with Crippen LogP contribution in [0.15, 0.2) is 29.3 Å². The fraction of sp³-hybridized carbons (Fsp3) is 0.364. The monoisotopic (exact) mass is 255 g/mol. The third kappa shape index (κ3) is 3.10. The Bertz CT molecular complexity index is 396. The van der Waals surface area contributed by atoms with Crippen molar-refractivity contribution in [1.29, 1.82) is 0 Å². The minimum Gasteiger partial charge on any atom is -0.491 e. The van der Waals surface area contributed by atoms with E-state index in [1.54, 1.807) is 28.9 Å². The Kier molecular flexibility index (Phi) is 4.22. The summed E-state index contributed by atoms with van der Waals surface area (Å²) in [6.07, 6.45) is 0. The SMILES string of the molecule is NN(C1=NCCS1)c1ccc(OCCF)cc1. The van der Waals surface area contributed by atoms with Crippen LogP contribution < -0.4 is 15.6 Å². The van der Waals surface area contributed by atoms with E-state index in [2.05, 4.69) is 4.99 Å². The number of benzene rings is 1. The first kappa shape index (κ1) is 12.2. The van der Waals surface area contributed by atoms with Crippen molar-refractivity contribution < 1.29 is 9.13 Å². The molecule has 2 rings (SSSR count). The molecule has 0 fully saturated rings. The van der Waals surface area contributed by atoms with E-state index in [1.165, 1.54) is 0 Å². The highest BCUT2D eigenvalue weighted by Gasteiger charge is 2.14. The molecule has 0 saturated heterocycles. The number of thioether (sulfide) groups is 1. The van der Waals surface area contributed by atoms with E-state index in [1.807, 2.05) is 12.1 Å². The zero-order chi connectivity index (χ0) is 12.1. The van der Waals surface area contributed by atoms with Crippen LogP contribution in [0.1, 0.15) is 0 Å². The summed E-state index contributed by atoms with van der Waals surface area (Å²) in [7, 11) is 0. The lowest BCUT2D eigenvalue weighted by atomic mass is 10.3. The molecule has 4 nitrogen and oxygen atoms in total. The molecule has 0 unspecified atom stereocenters. The highest BCUT2D eigenvalue weighted by molar-refractivity contribution is 8.14. The van der Waals surface area contributed by atoms with Crippen LogP contribution in [0, 0.1) is 0 Å². The summed E-state index contributed by atoms with van der Waals surface area (Å²) in [5.41, 5.74) is 0.839. The molecule has 1 aromatic carbocycles. The summed E-state index contributed by atoms with van der Waals surface area (Å²) < 4.78 is 17.1. The molecule has 17 heavy (non-hydrogen) atoms. The molecule has 0 atom stereocenters. The summed E-state index contributed by atoms with van der Waals surface area (Å²) in [6.45, 7) is 0.401. The summed E-state index contributed by atoms with van der Waals surface area (Å²) in [6, 6.07) is 7.19. The number of rotatable bonds is 4. The van der Waals surface area contributed by atoms with Crippen LogP contribution in [0.4, 0.5) is 10.1 Å². The van der Waals surface area contributed by atoms with E-state index in [0.717, 1.165) is 23.2 Å². The fourth-order valence-corrected chi connectivity index (χ4v) is 2.23. The zero-order valence-electron chi connectivity index (χ0n) is 9.30. The van der Waals surface area contributed by atoms with Crippen molar-refractivity contribution in [3.63, 3.8) is 0 Å². The second-order valence-electron chi connectivity index (χ2n) is 3.41. The molecule has 6 heteroatoms. The number of hydrogen-bond acceptors (Lipinski definition) is 5. The number of anilines is 1. The lowest BCUT2D eigenvalue weighted by Gasteiger charge is -2.17. The molecule has 0 amide bonds. The van der Waals surface area contributed by atoms with Gasteiger partial charge in [-0.25, -0.2) is 10.2 Å². The van der Waals surface area contributed by atoms with E-state index in [9.17, 15) is 4.39 Å². The maximum absolute atomic E-state index is 11.9. The van der Waals surface area contributed by atoms with Gasteiger partial charge in [-0.15, -0.1) is 0 Å². The van der Waals surface area contributed by atoms with Gasteiger partial charge in [0.05, 0.1) is 12.2 Å². The maximum Gasteiger partial charge on any atom is 0.178 e. The Morgan fingerprint density at radius 1 is 1.41 bits per heavy atom. The molecular weight excluding hydrogens is 241 g/mol. The predicted octanol–water partition coefficient (Wildman–Crippen LogP) is 1.82. The topological polar surface area (TPSA) is 50.8 Å². The van der Waals surface area contributed by atoms with E-state index >= 15 is 0 Å². The molecule has 2 N–H and O–H groups in total.